The maximum Gasteiger partial charge on any atom is 0.182 e. The predicted octanol–water partition coefficient (Wildman–Crippen LogP) is 5.10. The van der Waals surface area contributed by atoms with Crippen molar-refractivity contribution in [2.75, 3.05) is 5.73 Å². The molecule has 0 spiro atoms. The van der Waals surface area contributed by atoms with Crippen LogP contribution in [0.4, 0.5) is 5.69 Å². The van der Waals surface area contributed by atoms with Gasteiger partial charge in [-0.2, -0.15) is 0 Å². The van der Waals surface area contributed by atoms with Crippen LogP contribution >= 0.6 is 0 Å². The van der Waals surface area contributed by atoms with Crippen molar-refractivity contribution < 1.29 is 4.42 Å². The van der Waals surface area contributed by atoms with Crippen LogP contribution in [0.15, 0.2) is 69.9 Å². The first-order valence-electron chi connectivity index (χ1n) is 8.51. The molecule has 2 aromatic carbocycles. The first-order chi connectivity index (χ1) is 12.2. The number of fused-ring (bicyclic) bond motifs is 2. The van der Waals surface area contributed by atoms with Crippen molar-refractivity contribution in [2.45, 2.75) is 19.8 Å². The maximum atomic E-state index is 11.8. The van der Waals surface area contributed by atoms with Crippen LogP contribution < -0.4 is 11.2 Å². The third-order valence-corrected chi connectivity index (χ3v) is 4.50. The van der Waals surface area contributed by atoms with E-state index >= 15 is 0 Å². The van der Waals surface area contributed by atoms with E-state index in [0.717, 1.165) is 34.9 Å². The Bertz CT molecular complexity index is 1080. The Kier molecular flexibility index (Phi) is 3.77. The molecule has 0 radical (unpaired) electrons. The predicted molar refractivity (Wildman–Crippen MR) is 103 cm³/mol. The summed E-state index contributed by atoms with van der Waals surface area (Å²) >= 11 is 0. The van der Waals surface area contributed by atoms with Crippen LogP contribution in [0, 0.1) is 0 Å². The molecule has 2 aliphatic rings. The van der Waals surface area contributed by atoms with Gasteiger partial charge in [0.2, 0.25) is 0 Å². The molecule has 0 fully saturated rings. The Morgan fingerprint density at radius 1 is 0.960 bits per heavy atom. The first kappa shape index (κ1) is 15.5. The summed E-state index contributed by atoms with van der Waals surface area (Å²) in [5.74, 6) is 0.582. The van der Waals surface area contributed by atoms with E-state index < -0.39 is 0 Å². The van der Waals surface area contributed by atoms with Crippen molar-refractivity contribution in [1.29, 1.82) is 0 Å². The summed E-state index contributed by atoms with van der Waals surface area (Å²) in [7, 11) is 0. The number of nitrogen functional groups attached to an aromatic ring is 1. The summed E-state index contributed by atoms with van der Waals surface area (Å²) < 4.78 is 5.95. The van der Waals surface area contributed by atoms with Gasteiger partial charge in [-0.25, -0.2) is 0 Å². The monoisotopic (exact) mass is 329 g/mol. The standard InChI is InChI=1S/C22H19NO2/c1-2-3-14-4-6-15(7-5-14)22-18-10-8-16(23)12-20(18)25-21-13-17(24)9-11-19(21)22/h4-13H,2-3,23H2,1H3. The molecule has 0 amide bonds. The Balaban J connectivity index is 2.04. The summed E-state index contributed by atoms with van der Waals surface area (Å²) in [6.07, 6.45) is 2.20. The molecule has 0 saturated heterocycles. The van der Waals surface area contributed by atoms with Gasteiger partial charge in [-0.3, -0.25) is 4.79 Å². The molecule has 3 heteroatoms. The zero-order valence-corrected chi connectivity index (χ0v) is 14.1. The van der Waals surface area contributed by atoms with Gasteiger partial charge in [0.1, 0.15) is 11.3 Å². The zero-order valence-electron chi connectivity index (χ0n) is 14.1. The summed E-state index contributed by atoms with van der Waals surface area (Å²) in [5, 5.41) is 0.989. The smallest absolute Gasteiger partial charge is 0.182 e. The van der Waals surface area contributed by atoms with E-state index in [9.17, 15) is 4.79 Å². The number of aryl methyl sites for hydroxylation is 1. The number of nitrogens with two attached hydrogens (primary N) is 1. The van der Waals surface area contributed by atoms with Crippen LogP contribution in [-0.2, 0) is 6.42 Å². The molecule has 0 atom stereocenters. The van der Waals surface area contributed by atoms with Gasteiger partial charge in [0.05, 0.1) is 0 Å². The minimum Gasteiger partial charge on any atom is -0.456 e. The number of anilines is 1. The normalized spacial score (nSPS) is 11.2. The van der Waals surface area contributed by atoms with Crippen LogP contribution in [0.25, 0.3) is 33.4 Å². The lowest BCUT2D eigenvalue weighted by Gasteiger charge is -2.15. The van der Waals surface area contributed by atoms with Gasteiger partial charge in [0, 0.05) is 34.3 Å². The number of rotatable bonds is 3. The quantitative estimate of drug-likeness (QED) is 0.420. The molecule has 2 aromatic rings. The van der Waals surface area contributed by atoms with Gasteiger partial charge < -0.3 is 10.2 Å². The van der Waals surface area contributed by atoms with E-state index in [1.54, 1.807) is 12.1 Å². The molecular formula is C22H19NO2. The minimum atomic E-state index is -0.0660. The van der Waals surface area contributed by atoms with Gasteiger partial charge in [0.15, 0.2) is 5.43 Å². The molecule has 3 nitrogen and oxygen atoms in total. The van der Waals surface area contributed by atoms with Crippen molar-refractivity contribution in [3.63, 3.8) is 0 Å². The van der Waals surface area contributed by atoms with Crippen LogP contribution in [0.2, 0.25) is 0 Å². The van der Waals surface area contributed by atoms with Crippen molar-refractivity contribution >= 4 is 16.7 Å². The molecule has 124 valence electrons. The molecule has 0 aromatic heterocycles. The summed E-state index contributed by atoms with van der Waals surface area (Å²) in [6.45, 7) is 2.18. The lowest BCUT2D eigenvalue weighted by Crippen LogP contribution is -2.00. The Labute approximate surface area is 146 Å². The van der Waals surface area contributed by atoms with Crippen molar-refractivity contribution in [3.05, 3.63) is 76.5 Å². The fourth-order valence-electron chi connectivity index (χ4n) is 3.32. The Morgan fingerprint density at radius 2 is 1.76 bits per heavy atom. The number of benzene rings is 3. The third-order valence-electron chi connectivity index (χ3n) is 4.50. The topological polar surface area (TPSA) is 56.2 Å². The third kappa shape index (κ3) is 2.78. The van der Waals surface area contributed by atoms with E-state index in [2.05, 4.69) is 31.2 Å². The highest BCUT2D eigenvalue weighted by Crippen LogP contribution is 2.40. The number of hydrogen-bond acceptors (Lipinski definition) is 3. The van der Waals surface area contributed by atoms with Crippen molar-refractivity contribution in [3.8, 4) is 22.5 Å². The lowest BCUT2D eigenvalue weighted by atomic mass is 9.93. The van der Waals surface area contributed by atoms with Gasteiger partial charge >= 0.3 is 0 Å². The minimum absolute atomic E-state index is 0.0660. The van der Waals surface area contributed by atoms with E-state index in [1.807, 2.05) is 18.2 Å². The number of hydrogen-bond donors (Lipinski definition) is 1. The van der Waals surface area contributed by atoms with Gasteiger partial charge in [-0.15, -0.1) is 0 Å². The second-order valence-corrected chi connectivity index (χ2v) is 6.34. The second-order valence-electron chi connectivity index (χ2n) is 6.34. The summed E-state index contributed by atoms with van der Waals surface area (Å²) in [5.41, 5.74) is 11.6. The molecular weight excluding hydrogens is 310 g/mol. The highest BCUT2D eigenvalue weighted by molar-refractivity contribution is 6.02. The summed E-state index contributed by atoms with van der Waals surface area (Å²) in [6, 6.07) is 19.2. The van der Waals surface area contributed by atoms with E-state index in [0.29, 0.717) is 17.0 Å². The SMILES string of the molecule is CCCc1ccc(-c2c3ccc(=O)cc-3oc3cc(N)ccc23)cc1. The molecule has 25 heavy (non-hydrogen) atoms. The van der Waals surface area contributed by atoms with Gasteiger partial charge in [-0.1, -0.05) is 37.6 Å². The molecule has 4 rings (SSSR count). The molecule has 1 aliphatic heterocycles. The van der Waals surface area contributed by atoms with Crippen LogP contribution in [0.1, 0.15) is 18.9 Å². The molecule has 0 saturated carbocycles. The summed E-state index contributed by atoms with van der Waals surface area (Å²) in [4.78, 5) is 11.8. The Hall–Kier alpha value is -3.07. The molecule has 1 aliphatic carbocycles. The van der Waals surface area contributed by atoms with Crippen molar-refractivity contribution in [1.82, 2.24) is 0 Å². The average molecular weight is 329 g/mol. The molecule has 2 N–H and O–H groups in total. The highest BCUT2D eigenvalue weighted by atomic mass is 16.3. The fourth-order valence-corrected chi connectivity index (χ4v) is 3.32. The molecule has 0 unspecified atom stereocenters. The highest BCUT2D eigenvalue weighted by Gasteiger charge is 2.17. The van der Waals surface area contributed by atoms with Crippen molar-refractivity contribution in [2.24, 2.45) is 0 Å². The molecule has 0 bridgehead atoms. The lowest BCUT2D eigenvalue weighted by molar-refractivity contribution is 0.619. The largest absolute Gasteiger partial charge is 0.456 e. The van der Waals surface area contributed by atoms with E-state index in [-0.39, 0.29) is 5.43 Å². The maximum absolute atomic E-state index is 11.8. The van der Waals surface area contributed by atoms with Gasteiger partial charge in [0.25, 0.3) is 0 Å². The molecule has 1 heterocycles. The fraction of sp³-hybridized carbons (Fsp3) is 0.136. The second kappa shape index (κ2) is 6.10. The average Bonchev–Trinajstić information content (AvgIpc) is 2.60. The zero-order chi connectivity index (χ0) is 17.4. The Morgan fingerprint density at radius 3 is 2.52 bits per heavy atom. The van der Waals surface area contributed by atoms with Gasteiger partial charge in [-0.05, 0) is 41.8 Å². The first-order valence-corrected chi connectivity index (χ1v) is 8.51. The van der Waals surface area contributed by atoms with E-state index in [1.165, 1.54) is 11.6 Å². The van der Waals surface area contributed by atoms with E-state index in [4.69, 9.17) is 10.2 Å². The van der Waals surface area contributed by atoms with Crippen LogP contribution in [0.3, 0.4) is 0 Å². The van der Waals surface area contributed by atoms with Crippen LogP contribution in [-0.4, -0.2) is 0 Å². The van der Waals surface area contributed by atoms with Crippen LogP contribution in [0.5, 0.6) is 0 Å².